The van der Waals surface area contributed by atoms with E-state index in [0.29, 0.717) is 11.1 Å². The SMILES string of the molecule is NC(=O)[C@@H](Cc1ccc(C(F)(F)F)cc1)NC(=O)c1cccc2cccnc12. The molecule has 0 fully saturated rings. The summed E-state index contributed by atoms with van der Waals surface area (Å²) in [6.45, 7) is 0. The average molecular weight is 387 g/mol. The molecule has 0 radical (unpaired) electrons. The van der Waals surface area contributed by atoms with Gasteiger partial charge in [0.05, 0.1) is 16.6 Å². The number of nitrogens with zero attached hydrogens (tertiary/aromatic N) is 1. The quantitative estimate of drug-likeness (QED) is 0.706. The number of benzene rings is 2. The lowest BCUT2D eigenvalue weighted by Gasteiger charge is -2.16. The molecule has 1 heterocycles. The molecule has 28 heavy (non-hydrogen) atoms. The first-order valence-corrected chi connectivity index (χ1v) is 8.36. The summed E-state index contributed by atoms with van der Waals surface area (Å²) in [4.78, 5) is 28.6. The lowest BCUT2D eigenvalue weighted by atomic mass is 10.0. The van der Waals surface area contributed by atoms with Crippen LogP contribution in [0.4, 0.5) is 13.2 Å². The Kier molecular flexibility index (Phi) is 5.30. The normalized spacial score (nSPS) is 12.5. The molecule has 3 rings (SSSR count). The number of aromatic nitrogens is 1. The van der Waals surface area contributed by atoms with Crippen molar-refractivity contribution >= 4 is 22.7 Å². The highest BCUT2D eigenvalue weighted by Crippen LogP contribution is 2.29. The molecular weight excluding hydrogens is 371 g/mol. The van der Waals surface area contributed by atoms with Crippen LogP contribution in [0.5, 0.6) is 0 Å². The van der Waals surface area contributed by atoms with E-state index < -0.39 is 29.6 Å². The van der Waals surface area contributed by atoms with Gasteiger partial charge in [0.15, 0.2) is 0 Å². The fourth-order valence-electron chi connectivity index (χ4n) is 2.81. The molecule has 3 aromatic rings. The van der Waals surface area contributed by atoms with E-state index in [1.54, 1.807) is 36.5 Å². The number of pyridine rings is 1. The van der Waals surface area contributed by atoms with Crippen LogP contribution in [-0.4, -0.2) is 22.8 Å². The number of carbonyl (C=O) groups is 2. The van der Waals surface area contributed by atoms with Crippen molar-refractivity contribution in [3.8, 4) is 0 Å². The van der Waals surface area contributed by atoms with Gasteiger partial charge in [-0.15, -0.1) is 0 Å². The Labute approximate surface area is 158 Å². The van der Waals surface area contributed by atoms with Crippen molar-refractivity contribution in [1.82, 2.24) is 10.3 Å². The second-order valence-electron chi connectivity index (χ2n) is 6.21. The van der Waals surface area contributed by atoms with Crippen LogP contribution in [0.1, 0.15) is 21.5 Å². The summed E-state index contributed by atoms with van der Waals surface area (Å²) >= 11 is 0. The van der Waals surface area contributed by atoms with Crippen LogP contribution in [0.15, 0.2) is 60.8 Å². The number of hydrogen-bond donors (Lipinski definition) is 2. The molecule has 0 aliphatic rings. The average Bonchev–Trinajstić information content (AvgIpc) is 2.66. The number of amides is 2. The van der Waals surface area contributed by atoms with E-state index in [0.717, 1.165) is 17.5 Å². The number of nitrogens with two attached hydrogens (primary N) is 1. The van der Waals surface area contributed by atoms with Crippen LogP contribution in [0, 0.1) is 0 Å². The van der Waals surface area contributed by atoms with Crippen molar-refractivity contribution in [2.75, 3.05) is 0 Å². The lowest BCUT2D eigenvalue weighted by molar-refractivity contribution is -0.137. The summed E-state index contributed by atoms with van der Waals surface area (Å²) < 4.78 is 38.0. The minimum atomic E-state index is -4.45. The summed E-state index contributed by atoms with van der Waals surface area (Å²) in [5, 5.41) is 3.30. The maximum atomic E-state index is 12.7. The van der Waals surface area contributed by atoms with Crippen LogP contribution < -0.4 is 11.1 Å². The highest BCUT2D eigenvalue weighted by molar-refractivity contribution is 6.06. The van der Waals surface area contributed by atoms with Crippen LogP contribution in [0.3, 0.4) is 0 Å². The Morgan fingerprint density at radius 1 is 1.04 bits per heavy atom. The van der Waals surface area contributed by atoms with Crippen molar-refractivity contribution in [3.63, 3.8) is 0 Å². The van der Waals surface area contributed by atoms with E-state index in [-0.39, 0.29) is 12.0 Å². The van der Waals surface area contributed by atoms with E-state index >= 15 is 0 Å². The third kappa shape index (κ3) is 4.28. The predicted molar refractivity (Wildman–Crippen MR) is 97.3 cm³/mol. The number of carbonyl (C=O) groups excluding carboxylic acids is 2. The van der Waals surface area contributed by atoms with Gasteiger partial charge in [-0.05, 0) is 29.8 Å². The van der Waals surface area contributed by atoms with E-state index in [1.165, 1.54) is 12.1 Å². The van der Waals surface area contributed by atoms with Crippen LogP contribution in [0.25, 0.3) is 10.9 Å². The van der Waals surface area contributed by atoms with Gasteiger partial charge in [0, 0.05) is 18.0 Å². The van der Waals surface area contributed by atoms with E-state index in [9.17, 15) is 22.8 Å². The van der Waals surface area contributed by atoms with E-state index in [2.05, 4.69) is 10.3 Å². The molecule has 144 valence electrons. The van der Waals surface area contributed by atoms with Gasteiger partial charge in [-0.2, -0.15) is 13.2 Å². The highest BCUT2D eigenvalue weighted by Gasteiger charge is 2.30. The highest BCUT2D eigenvalue weighted by atomic mass is 19.4. The number of halogens is 3. The van der Waals surface area contributed by atoms with Crippen LogP contribution in [-0.2, 0) is 17.4 Å². The molecule has 1 atom stereocenters. The standard InChI is InChI=1S/C20H16F3N3O2/c21-20(22,23)14-8-6-12(7-9-14)11-16(18(24)27)26-19(28)15-5-1-3-13-4-2-10-25-17(13)15/h1-10,16H,11H2,(H2,24,27)(H,26,28)/t16-/m1/s1. The number of fused-ring (bicyclic) bond motifs is 1. The lowest BCUT2D eigenvalue weighted by Crippen LogP contribution is -2.45. The first kappa shape index (κ1) is 19.3. The molecule has 3 N–H and O–H groups in total. The minimum absolute atomic E-state index is 0.0304. The van der Waals surface area contributed by atoms with Crippen molar-refractivity contribution in [1.29, 1.82) is 0 Å². The van der Waals surface area contributed by atoms with Gasteiger partial charge in [-0.25, -0.2) is 0 Å². The van der Waals surface area contributed by atoms with Gasteiger partial charge in [-0.3, -0.25) is 14.6 Å². The first-order valence-electron chi connectivity index (χ1n) is 8.36. The van der Waals surface area contributed by atoms with Gasteiger partial charge in [0.25, 0.3) is 5.91 Å². The molecule has 8 heteroatoms. The number of nitrogens with one attached hydrogen (secondary N) is 1. The molecule has 0 unspecified atom stereocenters. The zero-order chi connectivity index (χ0) is 20.3. The molecule has 0 bridgehead atoms. The van der Waals surface area contributed by atoms with E-state index in [1.807, 2.05) is 0 Å². The largest absolute Gasteiger partial charge is 0.416 e. The number of para-hydroxylation sites is 1. The molecule has 2 amide bonds. The number of alkyl halides is 3. The first-order chi connectivity index (χ1) is 13.3. The smallest absolute Gasteiger partial charge is 0.368 e. The third-order valence-electron chi connectivity index (χ3n) is 4.25. The zero-order valence-electron chi connectivity index (χ0n) is 14.5. The monoisotopic (exact) mass is 387 g/mol. The van der Waals surface area contributed by atoms with Crippen molar-refractivity contribution in [2.24, 2.45) is 5.73 Å². The summed E-state index contributed by atoms with van der Waals surface area (Å²) in [6, 6.07) is 11.9. The molecule has 0 saturated heterocycles. The molecule has 1 aromatic heterocycles. The van der Waals surface area contributed by atoms with Gasteiger partial charge in [0.2, 0.25) is 5.91 Å². The Morgan fingerprint density at radius 2 is 1.71 bits per heavy atom. The molecule has 0 saturated carbocycles. The summed E-state index contributed by atoms with van der Waals surface area (Å²) in [5.41, 5.74) is 5.77. The van der Waals surface area contributed by atoms with Crippen LogP contribution >= 0.6 is 0 Å². The Balaban J connectivity index is 1.79. The summed E-state index contributed by atoms with van der Waals surface area (Å²) in [5.74, 6) is -1.33. The van der Waals surface area contributed by atoms with Gasteiger partial charge in [-0.1, -0.05) is 30.3 Å². The predicted octanol–water partition coefficient (Wildman–Crippen LogP) is 3.08. The number of rotatable bonds is 5. The minimum Gasteiger partial charge on any atom is -0.368 e. The van der Waals surface area contributed by atoms with Gasteiger partial charge < -0.3 is 11.1 Å². The second-order valence-corrected chi connectivity index (χ2v) is 6.21. The van der Waals surface area contributed by atoms with E-state index in [4.69, 9.17) is 5.73 Å². The second kappa shape index (κ2) is 7.67. The Morgan fingerprint density at radius 3 is 2.36 bits per heavy atom. The Hall–Kier alpha value is -3.42. The van der Waals surface area contributed by atoms with Gasteiger partial charge in [0.1, 0.15) is 6.04 Å². The van der Waals surface area contributed by atoms with Crippen LogP contribution in [0.2, 0.25) is 0 Å². The number of hydrogen-bond acceptors (Lipinski definition) is 3. The maximum absolute atomic E-state index is 12.7. The molecule has 0 aliphatic carbocycles. The van der Waals surface area contributed by atoms with Crippen molar-refractivity contribution in [3.05, 3.63) is 77.5 Å². The third-order valence-corrected chi connectivity index (χ3v) is 4.25. The van der Waals surface area contributed by atoms with Crippen molar-refractivity contribution < 1.29 is 22.8 Å². The molecule has 0 spiro atoms. The van der Waals surface area contributed by atoms with Crippen molar-refractivity contribution in [2.45, 2.75) is 18.6 Å². The molecule has 5 nitrogen and oxygen atoms in total. The fourth-order valence-corrected chi connectivity index (χ4v) is 2.81. The molecule has 0 aliphatic heterocycles. The summed E-state index contributed by atoms with van der Waals surface area (Å²) in [6.07, 6.45) is -2.93. The maximum Gasteiger partial charge on any atom is 0.416 e. The topological polar surface area (TPSA) is 85.1 Å². The fraction of sp³-hybridized carbons (Fsp3) is 0.150. The van der Waals surface area contributed by atoms with Gasteiger partial charge >= 0.3 is 6.18 Å². The Bertz CT molecular complexity index is 1010. The molecule has 2 aromatic carbocycles. The molecular formula is C20H16F3N3O2. The number of primary amides is 1. The summed E-state index contributed by atoms with van der Waals surface area (Å²) in [7, 11) is 0. The zero-order valence-corrected chi connectivity index (χ0v) is 14.5.